The highest BCUT2D eigenvalue weighted by molar-refractivity contribution is 7.14. The maximum absolute atomic E-state index is 12.8. The molecule has 3 heterocycles. The molecule has 1 amide bonds. The molecular weight excluding hydrogens is 400 g/mol. The summed E-state index contributed by atoms with van der Waals surface area (Å²) >= 11 is 3.26. The molecule has 0 aliphatic carbocycles. The van der Waals surface area contributed by atoms with Gasteiger partial charge >= 0.3 is 0 Å². The summed E-state index contributed by atoms with van der Waals surface area (Å²) in [6.07, 6.45) is 0.312. The van der Waals surface area contributed by atoms with Crippen molar-refractivity contribution in [1.29, 1.82) is 0 Å². The van der Waals surface area contributed by atoms with E-state index in [-0.39, 0.29) is 11.9 Å². The number of amides is 1. The highest BCUT2D eigenvalue weighted by atomic mass is 32.1. The second-order valence-electron chi connectivity index (χ2n) is 7.47. The largest absolute Gasteiger partial charge is 0.348 e. The molecule has 1 unspecified atom stereocenters. The lowest BCUT2D eigenvalue weighted by molar-refractivity contribution is -0.121. The van der Waals surface area contributed by atoms with Gasteiger partial charge < -0.3 is 10.2 Å². The molecule has 0 saturated carbocycles. The van der Waals surface area contributed by atoms with Crippen LogP contribution in [0.2, 0.25) is 0 Å². The van der Waals surface area contributed by atoms with Gasteiger partial charge in [-0.05, 0) is 24.1 Å². The van der Waals surface area contributed by atoms with E-state index in [1.165, 1.54) is 0 Å². The molecule has 152 valence electrons. The van der Waals surface area contributed by atoms with E-state index in [1.807, 2.05) is 29.0 Å². The number of rotatable bonds is 7. The van der Waals surface area contributed by atoms with Crippen LogP contribution in [-0.2, 0) is 11.2 Å². The molecule has 7 heteroatoms. The summed E-state index contributed by atoms with van der Waals surface area (Å²) in [5, 5.41) is 10.4. The number of likely N-dealkylation sites (N-methyl/N-ethyl adjacent to an activating group) is 1. The van der Waals surface area contributed by atoms with Crippen molar-refractivity contribution in [2.75, 3.05) is 39.8 Å². The van der Waals surface area contributed by atoms with Gasteiger partial charge in [-0.15, -0.1) is 11.3 Å². The second-order valence-corrected chi connectivity index (χ2v) is 9.11. The Bertz CT molecular complexity index is 902. The van der Waals surface area contributed by atoms with E-state index in [9.17, 15) is 4.79 Å². The number of thiophene rings is 1. The molecule has 1 N–H and O–H groups in total. The highest BCUT2D eigenvalue weighted by Crippen LogP contribution is 2.26. The van der Waals surface area contributed by atoms with Crippen molar-refractivity contribution in [2.45, 2.75) is 12.5 Å². The van der Waals surface area contributed by atoms with Crippen LogP contribution in [0, 0.1) is 0 Å². The summed E-state index contributed by atoms with van der Waals surface area (Å²) in [4.78, 5) is 22.2. The molecule has 0 bridgehead atoms. The molecule has 29 heavy (non-hydrogen) atoms. The van der Waals surface area contributed by atoms with Gasteiger partial charge in [0.05, 0.1) is 18.2 Å². The van der Waals surface area contributed by atoms with Crippen molar-refractivity contribution in [3.63, 3.8) is 0 Å². The molecule has 3 aromatic rings. The third-order valence-electron chi connectivity index (χ3n) is 5.24. The van der Waals surface area contributed by atoms with E-state index >= 15 is 0 Å². The topological polar surface area (TPSA) is 48.5 Å². The first kappa shape index (κ1) is 20.2. The predicted octanol–water partition coefficient (Wildman–Crippen LogP) is 3.52. The number of nitrogens with zero attached hydrogens (tertiary/aromatic N) is 3. The van der Waals surface area contributed by atoms with Crippen LogP contribution in [-0.4, -0.2) is 60.5 Å². The van der Waals surface area contributed by atoms with Gasteiger partial charge in [-0.3, -0.25) is 9.69 Å². The third kappa shape index (κ3) is 5.51. The predicted molar refractivity (Wildman–Crippen MR) is 120 cm³/mol. The van der Waals surface area contributed by atoms with E-state index < -0.39 is 0 Å². The van der Waals surface area contributed by atoms with E-state index in [0.29, 0.717) is 6.42 Å². The normalized spacial score (nSPS) is 16.6. The Labute approximate surface area is 180 Å². The van der Waals surface area contributed by atoms with Crippen LogP contribution in [0.25, 0.3) is 10.6 Å². The van der Waals surface area contributed by atoms with Crippen LogP contribution in [0.3, 0.4) is 0 Å². The van der Waals surface area contributed by atoms with Crippen LogP contribution in [0.4, 0.5) is 0 Å². The second kappa shape index (κ2) is 9.63. The molecule has 0 radical (unpaired) electrons. The number of benzene rings is 1. The highest BCUT2D eigenvalue weighted by Gasteiger charge is 2.21. The molecule has 0 spiro atoms. The zero-order valence-corrected chi connectivity index (χ0v) is 18.2. The van der Waals surface area contributed by atoms with Crippen molar-refractivity contribution >= 4 is 28.6 Å². The van der Waals surface area contributed by atoms with Gasteiger partial charge in [0.25, 0.3) is 0 Å². The summed E-state index contributed by atoms with van der Waals surface area (Å²) in [7, 11) is 2.16. The molecule has 1 atom stereocenters. The SMILES string of the molecule is CN1CCN(CC(NC(=O)Cc2csc(-c3ccsc3)n2)c2ccccc2)CC1. The van der Waals surface area contributed by atoms with Crippen LogP contribution in [0.1, 0.15) is 17.3 Å². The maximum Gasteiger partial charge on any atom is 0.226 e. The zero-order valence-electron chi connectivity index (χ0n) is 16.6. The summed E-state index contributed by atoms with van der Waals surface area (Å²) in [6.45, 7) is 5.04. The molecule has 2 aromatic heterocycles. The number of hydrogen-bond acceptors (Lipinski definition) is 6. The van der Waals surface area contributed by atoms with Crippen LogP contribution in [0.15, 0.2) is 52.5 Å². The average molecular weight is 427 g/mol. The van der Waals surface area contributed by atoms with E-state index in [0.717, 1.165) is 54.6 Å². The Hall–Kier alpha value is -2.06. The fourth-order valence-corrected chi connectivity index (χ4v) is 5.06. The molecule has 1 fully saturated rings. The molecular formula is C22H26N4OS2. The van der Waals surface area contributed by atoms with Gasteiger partial charge in [0.15, 0.2) is 0 Å². The minimum absolute atomic E-state index is 0.0120. The first-order valence-electron chi connectivity index (χ1n) is 9.89. The Balaban J connectivity index is 1.40. The molecule has 4 rings (SSSR count). The number of hydrogen-bond donors (Lipinski definition) is 1. The number of nitrogens with one attached hydrogen (secondary N) is 1. The van der Waals surface area contributed by atoms with Crippen molar-refractivity contribution in [3.05, 3.63) is 63.8 Å². The van der Waals surface area contributed by atoms with Crippen molar-refractivity contribution in [1.82, 2.24) is 20.1 Å². The smallest absolute Gasteiger partial charge is 0.226 e. The number of thiazole rings is 1. The molecule has 1 aliphatic heterocycles. The Morgan fingerprint density at radius 3 is 2.66 bits per heavy atom. The number of carbonyl (C=O) groups is 1. The number of piperazine rings is 1. The van der Waals surface area contributed by atoms with Gasteiger partial charge in [0, 0.05) is 49.0 Å². The minimum atomic E-state index is -0.0120. The lowest BCUT2D eigenvalue weighted by atomic mass is 10.1. The maximum atomic E-state index is 12.8. The average Bonchev–Trinajstić information content (AvgIpc) is 3.42. The molecule has 1 aliphatic rings. The van der Waals surface area contributed by atoms with E-state index in [1.54, 1.807) is 22.7 Å². The Morgan fingerprint density at radius 1 is 1.14 bits per heavy atom. The quantitative estimate of drug-likeness (QED) is 0.628. The molecule has 1 aromatic carbocycles. The fraction of sp³-hybridized carbons (Fsp3) is 0.364. The van der Waals surface area contributed by atoms with Crippen LogP contribution >= 0.6 is 22.7 Å². The van der Waals surface area contributed by atoms with Crippen molar-refractivity contribution in [3.8, 4) is 10.6 Å². The summed E-state index contributed by atoms with van der Waals surface area (Å²) in [6, 6.07) is 12.3. The Morgan fingerprint density at radius 2 is 1.93 bits per heavy atom. The summed E-state index contributed by atoms with van der Waals surface area (Å²) < 4.78 is 0. The van der Waals surface area contributed by atoms with Gasteiger partial charge in [0.1, 0.15) is 5.01 Å². The van der Waals surface area contributed by atoms with E-state index in [2.05, 4.69) is 50.7 Å². The standard InChI is InChI=1S/C22H26N4OS2/c1-25-8-10-26(11-9-25)14-20(17-5-3-2-4-6-17)24-21(27)13-19-16-29-22(23-19)18-7-12-28-15-18/h2-7,12,15-16,20H,8-11,13-14H2,1H3,(H,24,27). The summed E-state index contributed by atoms with van der Waals surface area (Å²) in [5.74, 6) is 0.0233. The summed E-state index contributed by atoms with van der Waals surface area (Å²) in [5.41, 5.74) is 3.11. The zero-order chi connectivity index (χ0) is 20.1. The lowest BCUT2D eigenvalue weighted by Crippen LogP contribution is -2.48. The lowest BCUT2D eigenvalue weighted by Gasteiger charge is -2.35. The van der Waals surface area contributed by atoms with Gasteiger partial charge in [-0.1, -0.05) is 30.3 Å². The van der Waals surface area contributed by atoms with Gasteiger partial charge in [0.2, 0.25) is 5.91 Å². The molecule has 5 nitrogen and oxygen atoms in total. The van der Waals surface area contributed by atoms with Gasteiger partial charge in [-0.2, -0.15) is 11.3 Å². The molecule has 1 saturated heterocycles. The van der Waals surface area contributed by atoms with Crippen molar-refractivity contribution in [2.24, 2.45) is 0 Å². The first-order valence-corrected chi connectivity index (χ1v) is 11.7. The van der Waals surface area contributed by atoms with Crippen LogP contribution in [0.5, 0.6) is 0 Å². The van der Waals surface area contributed by atoms with Crippen LogP contribution < -0.4 is 5.32 Å². The number of carbonyl (C=O) groups excluding carboxylic acids is 1. The Kier molecular flexibility index (Phi) is 6.71. The fourth-order valence-electron chi connectivity index (χ4n) is 3.53. The minimum Gasteiger partial charge on any atom is -0.348 e. The monoisotopic (exact) mass is 426 g/mol. The number of aromatic nitrogens is 1. The third-order valence-corrected chi connectivity index (χ3v) is 6.86. The van der Waals surface area contributed by atoms with Gasteiger partial charge in [-0.25, -0.2) is 4.98 Å². The van der Waals surface area contributed by atoms with Crippen molar-refractivity contribution < 1.29 is 4.79 Å². The first-order chi connectivity index (χ1) is 14.2. The van der Waals surface area contributed by atoms with E-state index in [4.69, 9.17) is 0 Å².